The average molecular weight is 160 g/mol. The van der Waals surface area contributed by atoms with Crippen LogP contribution in [0.5, 0.6) is 0 Å². The topological polar surface area (TPSA) is 24.4 Å². The molecule has 1 aliphatic carbocycles. The van der Waals surface area contributed by atoms with E-state index in [-0.39, 0.29) is 6.04 Å². The summed E-state index contributed by atoms with van der Waals surface area (Å²) in [4.78, 5) is 4.27. The lowest BCUT2D eigenvalue weighted by molar-refractivity contribution is 0.958. The van der Waals surface area contributed by atoms with E-state index in [1.54, 1.807) is 6.34 Å². The molecule has 0 saturated carbocycles. The molecule has 0 amide bonds. The largest absolute Gasteiger partial charge is 0.347 e. The van der Waals surface area contributed by atoms with Crippen LogP contribution in [0.25, 0.3) is 0 Å². The Labute approximate surface area is 72.4 Å². The maximum atomic E-state index is 4.27. The Morgan fingerprint density at radius 2 is 2.08 bits per heavy atom. The van der Waals surface area contributed by atoms with Crippen LogP contribution in [0, 0.1) is 0 Å². The highest BCUT2D eigenvalue weighted by Gasteiger charge is 2.10. The van der Waals surface area contributed by atoms with Crippen LogP contribution in [-0.2, 0) is 0 Å². The molecular formula is C10H12N2. The SMILES string of the molecule is CC1=CC2=CC(C=C1C)N=CN2. The van der Waals surface area contributed by atoms with Crippen LogP contribution in [0.4, 0.5) is 0 Å². The first-order valence-corrected chi connectivity index (χ1v) is 4.13. The van der Waals surface area contributed by atoms with Gasteiger partial charge in [0, 0.05) is 5.70 Å². The summed E-state index contributed by atoms with van der Waals surface area (Å²) in [6, 6.07) is 0.231. The molecule has 0 aromatic carbocycles. The maximum Gasteiger partial charge on any atom is 0.0907 e. The molecule has 2 rings (SSSR count). The second kappa shape index (κ2) is 2.63. The van der Waals surface area contributed by atoms with E-state index >= 15 is 0 Å². The molecule has 1 aliphatic heterocycles. The fraction of sp³-hybridized carbons (Fsp3) is 0.300. The van der Waals surface area contributed by atoms with Crippen molar-refractivity contribution in [1.82, 2.24) is 5.32 Å². The Balaban J connectivity index is 2.43. The summed E-state index contributed by atoms with van der Waals surface area (Å²) >= 11 is 0. The van der Waals surface area contributed by atoms with Crippen LogP contribution in [0.3, 0.4) is 0 Å². The molecule has 12 heavy (non-hydrogen) atoms. The second-order valence-electron chi connectivity index (χ2n) is 3.21. The highest BCUT2D eigenvalue weighted by atomic mass is 15.0. The lowest BCUT2D eigenvalue weighted by atomic mass is 10.1. The summed E-state index contributed by atoms with van der Waals surface area (Å²) in [6.45, 7) is 4.24. The standard InChI is InChI=1S/C10H12N2/c1-7-3-9-5-10(4-8(7)2)12-6-11-9/h3-6,9H,1-2H3,(H,11,12). The Bertz CT molecular complexity index is 319. The minimum absolute atomic E-state index is 0.231. The van der Waals surface area contributed by atoms with Crippen molar-refractivity contribution in [2.24, 2.45) is 4.99 Å². The summed E-state index contributed by atoms with van der Waals surface area (Å²) in [6.07, 6.45) is 8.21. The normalized spacial score (nSPS) is 26.5. The van der Waals surface area contributed by atoms with Crippen molar-refractivity contribution in [2.45, 2.75) is 19.9 Å². The van der Waals surface area contributed by atoms with Gasteiger partial charge in [0.2, 0.25) is 0 Å². The van der Waals surface area contributed by atoms with Crippen molar-refractivity contribution in [3.63, 3.8) is 0 Å². The number of hydrogen-bond donors (Lipinski definition) is 1. The molecule has 0 saturated heterocycles. The number of allylic oxidation sites excluding steroid dienone is 3. The smallest absolute Gasteiger partial charge is 0.0907 e. The number of hydrogen-bond acceptors (Lipinski definition) is 2. The van der Waals surface area contributed by atoms with Gasteiger partial charge in [-0.1, -0.05) is 6.08 Å². The Morgan fingerprint density at radius 1 is 1.25 bits per heavy atom. The van der Waals surface area contributed by atoms with Crippen molar-refractivity contribution in [3.8, 4) is 0 Å². The number of rotatable bonds is 0. The molecule has 1 atom stereocenters. The van der Waals surface area contributed by atoms with E-state index < -0.39 is 0 Å². The van der Waals surface area contributed by atoms with Gasteiger partial charge in [0.15, 0.2) is 0 Å². The Kier molecular flexibility index (Phi) is 1.61. The fourth-order valence-corrected chi connectivity index (χ4v) is 1.39. The van der Waals surface area contributed by atoms with Gasteiger partial charge in [-0.2, -0.15) is 0 Å². The summed E-state index contributed by atoms with van der Waals surface area (Å²) in [5.41, 5.74) is 3.77. The minimum Gasteiger partial charge on any atom is -0.347 e. The first-order valence-electron chi connectivity index (χ1n) is 4.13. The van der Waals surface area contributed by atoms with Crippen molar-refractivity contribution in [1.29, 1.82) is 0 Å². The van der Waals surface area contributed by atoms with Gasteiger partial charge in [0.05, 0.1) is 12.4 Å². The van der Waals surface area contributed by atoms with Crippen LogP contribution in [0.15, 0.2) is 40.1 Å². The predicted molar refractivity (Wildman–Crippen MR) is 51.0 cm³/mol. The average Bonchev–Trinajstić information content (AvgIpc) is 2.11. The molecule has 1 heterocycles. The summed E-state index contributed by atoms with van der Waals surface area (Å²) in [7, 11) is 0. The van der Waals surface area contributed by atoms with Crippen LogP contribution in [0.2, 0.25) is 0 Å². The van der Waals surface area contributed by atoms with E-state index in [2.05, 4.69) is 42.4 Å². The number of fused-ring (bicyclic) bond motifs is 1. The van der Waals surface area contributed by atoms with Crippen LogP contribution in [0.1, 0.15) is 13.8 Å². The molecule has 0 spiro atoms. The molecule has 62 valence electrons. The van der Waals surface area contributed by atoms with E-state index in [9.17, 15) is 0 Å². The predicted octanol–water partition coefficient (Wildman–Crippen LogP) is 1.78. The van der Waals surface area contributed by atoms with E-state index in [4.69, 9.17) is 0 Å². The fourth-order valence-electron chi connectivity index (χ4n) is 1.39. The zero-order chi connectivity index (χ0) is 8.55. The third kappa shape index (κ3) is 1.20. The molecule has 1 N–H and O–H groups in total. The van der Waals surface area contributed by atoms with E-state index in [0.29, 0.717) is 0 Å². The van der Waals surface area contributed by atoms with Crippen molar-refractivity contribution in [3.05, 3.63) is 35.1 Å². The third-order valence-corrected chi connectivity index (χ3v) is 2.24. The van der Waals surface area contributed by atoms with Gasteiger partial charge in [-0.3, -0.25) is 4.99 Å². The molecule has 2 aliphatic rings. The molecule has 2 heteroatoms. The highest BCUT2D eigenvalue weighted by Crippen LogP contribution is 2.19. The minimum atomic E-state index is 0.231. The first kappa shape index (κ1) is 7.35. The van der Waals surface area contributed by atoms with Gasteiger partial charge in [0.25, 0.3) is 0 Å². The van der Waals surface area contributed by atoms with Gasteiger partial charge in [-0.15, -0.1) is 0 Å². The summed E-state index contributed by atoms with van der Waals surface area (Å²) in [5, 5.41) is 3.10. The number of nitrogens with zero attached hydrogens (tertiary/aromatic N) is 1. The van der Waals surface area contributed by atoms with Crippen molar-refractivity contribution < 1.29 is 0 Å². The monoisotopic (exact) mass is 160 g/mol. The summed E-state index contributed by atoms with van der Waals surface area (Å²) < 4.78 is 0. The van der Waals surface area contributed by atoms with E-state index in [1.807, 2.05) is 0 Å². The quantitative estimate of drug-likeness (QED) is 0.574. The van der Waals surface area contributed by atoms with E-state index in [0.717, 1.165) is 5.70 Å². The van der Waals surface area contributed by atoms with Crippen LogP contribution in [-0.4, -0.2) is 12.4 Å². The molecule has 1 unspecified atom stereocenters. The molecule has 2 bridgehead atoms. The summed E-state index contributed by atoms with van der Waals surface area (Å²) in [5.74, 6) is 0. The first-order chi connectivity index (χ1) is 5.75. The molecular weight excluding hydrogens is 148 g/mol. The van der Waals surface area contributed by atoms with Gasteiger partial charge in [-0.05, 0) is 37.1 Å². The second-order valence-corrected chi connectivity index (χ2v) is 3.21. The van der Waals surface area contributed by atoms with Crippen molar-refractivity contribution in [2.75, 3.05) is 0 Å². The molecule has 2 nitrogen and oxygen atoms in total. The van der Waals surface area contributed by atoms with Crippen LogP contribution < -0.4 is 5.32 Å². The Morgan fingerprint density at radius 3 is 2.92 bits per heavy atom. The zero-order valence-electron chi connectivity index (χ0n) is 7.33. The van der Waals surface area contributed by atoms with E-state index in [1.165, 1.54) is 11.1 Å². The third-order valence-electron chi connectivity index (χ3n) is 2.24. The number of aliphatic imine (C=N–C) groups is 1. The zero-order valence-corrected chi connectivity index (χ0v) is 7.33. The highest BCUT2D eigenvalue weighted by molar-refractivity contribution is 5.63. The van der Waals surface area contributed by atoms with Gasteiger partial charge in [-0.25, -0.2) is 0 Å². The van der Waals surface area contributed by atoms with Gasteiger partial charge >= 0.3 is 0 Å². The van der Waals surface area contributed by atoms with Crippen LogP contribution >= 0.6 is 0 Å². The lowest BCUT2D eigenvalue weighted by Crippen LogP contribution is -2.17. The lowest BCUT2D eigenvalue weighted by Gasteiger charge is -2.09. The Hall–Kier alpha value is -1.31. The van der Waals surface area contributed by atoms with Gasteiger partial charge < -0.3 is 5.32 Å². The van der Waals surface area contributed by atoms with Gasteiger partial charge in [0.1, 0.15) is 0 Å². The molecule has 0 radical (unpaired) electrons. The van der Waals surface area contributed by atoms with Crippen molar-refractivity contribution >= 4 is 6.34 Å². The molecule has 0 fully saturated rings. The molecule has 0 aromatic rings. The number of nitrogens with one attached hydrogen (secondary N) is 1. The maximum absolute atomic E-state index is 4.27. The molecule has 0 aromatic heterocycles.